The number of thiazole rings is 1. The lowest BCUT2D eigenvalue weighted by Gasteiger charge is -2.06. The lowest BCUT2D eigenvalue weighted by molar-refractivity contribution is 1.25. The SMILES string of the molecule is Cc1ccc2cccc(N/C=C(\C#N)c3nc(-c4ccccc4)cs3)c2n1. The minimum atomic E-state index is 0.492. The van der Waals surface area contributed by atoms with Crippen molar-refractivity contribution in [1.29, 1.82) is 5.26 Å². The van der Waals surface area contributed by atoms with Crippen LogP contribution in [0.25, 0.3) is 27.7 Å². The average Bonchev–Trinajstić information content (AvgIpc) is 3.19. The fourth-order valence-corrected chi connectivity index (χ4v) is 3.59. The van der Waals surface area contributed by atoms with Crippen LogP contribution in [-0.2, 0) is 0 Å². The number of aryl methyl sites for hydroxylation is 1. The van der Waals surface area contributed by atoms with Gasteiger partial charge in [-0.25, -0.2) is 4.98 Å². The molecule has 2 heterocycles. The Bertz CT molecular complexity index is 1170. The molecule has 0 atom stereocenters. The van der Waals surface area contributed by atoms with Crippen LogP contribution in [-0.4, -0.2) is 9.97 Å². The number of nitrogens with one attached hydrogen (secondary N) is 1. The summed E-state index contributed by atoms with van der Waals surface area (Å²) in [6.07, 6.45) is 1.70. The number of para-hydroxylation sites is 1. The molecule has 0 spiro atoms. The van der Waals surface area contributed by atoms with Crippen molar-refractivity contribution in [3.8, 4) is 17.3 Å². The molecular formula is C22H16N4S. The molecule has 0 aliphatic heterocycles. The Labute approximate surface area is 161 Å². The zero-order chi connectivity index (χ0) is 18.6. The van der Waals surface area contributed by atoms with Crippen LogP contribution < -0.4 is 5.32 Å². The molecule has 0 bridgehead atoms. The van der Waals surface area contributed by atoms with Crippen LogP contribution in [0.4, 0.5) is 5.69 Å². The predicted octanol–water partition coefficient (Wildman–Crippen LogP) is 5.64. The van der Waals surface area contributed by atoms with Gasteiger partial charge in [-0.15, -0.1) is 11.3 Å². The van der Waals surface area contributed by atoms with Gasteiger partial charge < -0.3 is 5.32 Å². The summed E-state index contributed by atoms with van der Waals surface area (Å²) in [5, 5.41) is 16.5. The Morgan fingerprint density at radius 3 is 2.70 bits per heavy atom. The van der Waals surface area contributed by atoms with E-state index in [9.17, 15) is 5.26 Å². The average molecular weight is 368 g/mol. The molecule has 0 radical (unpaired) electrons. The first-order valence-corrected chi connectivity index (χ1v) is 9.37. The first-order chi connectivity index (χ1) is 13.2. The predicted molar refractivity (Wildman–Crippen MR) is 111 cm³/mol. The van der Waals surface area contributed by atoms with Gasteiger partial charge in [0.25, 0.3) is 0 Å². The summed E-state index contributed by atoms with van der Waals surface area (Å²) in [6, 6.07) is 22.2. The lowest BCUT2D eigenvalue weighted by atomic mass is 10.1. The maximum atomic E-state index is 9.59. The third-order valence-electron chi connectivity index (χ3n) is 4.16. The zero-order valence-electron chi connectivity index (χ0n) is 14.7. The van der Waals surface area contributed by atoms with E-state index in [1.54, 1.807) is 6.20 Å². The summed E-state index contributed by atoms with van der Waals surface area (Å²) in [6.45, 7) is 1.97. The summed E-state index contributed by atoms with van der Waals surface area (Å²) in [5.41, 5.74) is 5.11. The normalized spacial score (nSPS) is 11.3. The van der Waals surface area contributed by atoms with Crippen LogP contribution in [0.1, 0.15) is 10.7 Å². The molecular weight excluding hydrogens is 352 g/mol. The summed E-state index contributed by atoms with van der Waals surface area (Å²) in [7, 11) is 0. The maximum Gasteiger partial charge on any atom is 0.136 e. The molecule has 4 rings (SSSR count). The third-order valence-corrected chi connectivity index (χ3v) is 5.03. The van der Waals surface area contributed by atoms with E-state index in [0.29, 0.717) is 10.6 Å². The van der Waals surface area contributed by atoms with Crippen LogP contribution in [0.15, 0.2) is 72.2 Å². The monoisotopic (exact) mass is 368 g/mol. The van der Waals surface area contributed by atoms with Crippen LogP contribution in [0.3, 0.4) is 0 Å². The second-order valence-electron chi connectivity index (χ2n) is 6.05. The van der Waals surface area contributed by atoms with Crippen molar-refractivity contribution < 1.29 is 0 Å². The van der Waals surface area contributed by atoms with Gasteiger partial charge in [0.1, 0.15) is 16.6 Å². The van der Waals surface area contributed by atoms with Gasteiger partial charge in [-0.1, -0.05) is 48.5 Å². The molecule has 0 saturated heterocycles. The quantitative estimate of drug-likeness (QED) is 0.473. The summed E-state index contributed by atoms with van der Waals surface area (Å²) in [4.78, 5) is 9.22. The number of aromatic nitrogens is 2. The van der Waals surface area contributed by atoms with Gasteiger partial charge in [-0.2, -0.15) is 5.26 Å². The smallest absolute Gasteiger partial charge is 0.136 e. The molecule has 0 aliphatic carbocycles. The fourth-order valence-electron chi connectivity index (χ4n) is 2.79. The van der Waals surface area contributed by atoms with Gasteiger partial charge in [0, 0.05) is 28.2 Å². The molecule has 1 N–H and O–H groups in total. The molecule has 2 aromatic carbocycles. The highest BCUT2D eigenvalue weighted by Crippen LogP contribution is 2.27. The van der Waals surface area contributed by atoms with E-state index >= 15 is 0 Å². The standard InChI is InChI=1S/C22H16N4S/c1-15-10-11-17-8-5-9-19(21(17)25-15)24-13-18(12-23)22-26-20(14-27-22)16-6-3-2-4-7-16/h2-11,13-14,24H,1H3/b18-13+. The first-order valence-electron chi connectivity index (χ1n) is 8.49. The van der Waals surface area contributed by atoms with E-state index in [2.05, 4.69) is 21.4 Å². The van der Waals surface area contributed by atoms with Crippen molar-refractivity contribution in [3.05, 3.63) is 82.9 Å². The van der Waals surface area contributed by atoms with Gasteiger partial charge in [-0.05, 0) is 19.1 Å². The summed E-state index contributed by atoms with van der Waals surface area (Å²) < 4.78 is 0. The van der Waals surface area contributed by atoms with Crippen LogP contribution in [0.5, 0.6) is 0 Å². The zero-order valence-corrected chi connectivity index (χ0v) is 15.5. The van der Waals surface area contributed by atoms with E-state index < -0.39 is 0 Å². The minimum Gasteiger partial charge on any atom is -0.359 e. The van der Waals surface area contributed by atoms with Gasteiger partial charge >= 0.3 is 0 Å². The number of rotatable bonds is 4. The molecule has 2 aromatic heterocycles. The van der Waals surface area contributed by atoms with Crippen molar-refractivity contribution in [1.82, 2.24) is 9.97 Å². The number of pyridine rings is 1. The molecule has 5 heteroatoms. The van der Waals surface area contributed by atoms with Crippen molar-refractivity contribution in [3.63, 3.8) is 0 Å². The summed E-state index contributed by atoms with van der Waals surface area (Å²) >= 11 is 1.46. The van der Waals surface area contributed by atoms with E-state index in [0.717, 1.165) is 33.5 Å². The molecule has 130 valence electrons. The van der Waals surface area contributed by atoms with Crippen molar-refractivity contribution in [2.45, 2.75) is 6.92 Å². The second kappa shape index (κ2) is 7.40. The lowest BCUT2D eigenvalue weighted by Crippen LogP contribution is -1.94. The topological polar surface area (TPSA) is 61.6 Å². The van der Waals surface area contributed by atoms with E-state index in [4.69, 9.17) is 0 Å². The molecule has 0 aliphatic rings. The Balaban J connectivity index is 1.65. The number of anilines is 1. The number of nitrogens with zero attached hydrogens (tertiary/aromatic N) is 3. The highest BCUT2D eigenvalue weighted by Gasteiger charge is 2.09. The van der Waals surface area contributed by atoms with Crippen LogP contribution >= 0.6 is 11.3 Å². The first kappa shape index (κ1) is 17.0. The molecule has 4 nitrogen and oxygen atoms in total. The van der Waals surface area contributed by atoms with Crippen LogP contribution in [0, 0.1) is 18.3 Å². The van der Waals surface area contributed by atoms with Crippen molar-refractivity contribution >= 4 is 33.5 Å². The Morgan fingerprint density at radius 2 is 1.89 bits per heavy atom. The number of fused-ring (bicyclic) bond motifs is 1. The van der Waals surface area contributed by atoms with E-state index in [1.807, 2.05) is 73.0 Å². The number of hydrogen-bond donors (Lipinski definition) is 1. The third kappa shape index (κ3) is 3.57. The van der Waals surface area contributed by atoms with Gasteiger partial charge in [0.2, 0.25) is 0 Å². The molecule has 0 fully saturated rings. The molecule has 4 aromatic rings. The second-order valence-corrected chi connectivity index (χ2v) is 6.91. The van der Waals surface area contributed by atoms with Gasteiger partial charge in [0.05, 0.1) is 16.9 Å². The molecule has 0 amide bonds. The molecule has 0 unspecified atom stereocenters. The largest absolute Gasteiger partial charge is 0.359 e. The minimum absolute atomic E-state index is 0.492. The van der Waals surface area contributed by atoms with E-state index in [1.165, 1.54) is 11.3 Å². The fraction of sp³-hybridized carbons (Fsp3) is 0.0455. The van der Waals surface area contributed by atoms with Gasteiger partial charge in [0.15, 0.2) is 0 Å². The van der Waals surface area contributed by atoms with Crippen LogP contribution in [0.2, 0.25) is 0 Å². The van der Waals surface area contributed by atoms with Crippen molar-refractivity contribution in [2.24, 2.45) is 0 Å². The highest BCUT2D eigenvalue weighted by atomic mass is 32.1. The Kier molecular flexibility index (Phi) is 4.65. The summed E-state index contributed by atoms with van der Waals surface area (Å²) in [5.74, 6) is 0. The number of allylic oxidation sites excluding steroid dienone is 1. The van der Waals surface area contributed by atoms with E-state index in [-0.39, 0.29) is 0 Å². The molecule has 0 saturated carbocycles. The maximum absolute atomic E-state index is 9.59. The Hall–Kier alpha value is -3.49. The molecule has 27 heavy (non-hydrogen) atoms. The number of nitriles is 1. The van der Waals surface area contributed by atoms with Gasteiger partial charge in [-0.3, -0.25) is 4.98 Å². The Morgan fingerprint density at radius 1 is 1.04 bits per heavy atom. The number of hydrogen-bond acceptors (Lipinski definition) is 5. The van der Waals surface area contributed by atoms with Crippen molar-refractivity contribution in [2.75, 3.05) is 5.32 Å². The highest BCUT2D eigenvalue weighted by molar-refractivity contribution is 7.11. The number of benzene rings is 2.